The molecule has 3 rings (SSSR count). The van der Waals surface area contributed by atoms with Gasteiger partial charge in [-0.25, -0.2) is 4.79 Å². The lowest BCUT2D eigenvalue weighted by Crippen LogP contribution is -2.12. The Morgan fingerprint density at radius 1 is 1.09 bits per heavy atom. The van der Waals surface area contributed by atoms with Crippen LogP contribution in [0.1, 0.15) is 19.3 Å². The van der Waals surface area contributed by atoms with Crippen molar-refractivity contribution in [3.8, 4) is 0 Å². The maximum Gasteiger partial charge on any atom is 0.348 e. The lowest BCUT2D eigenvalue weighted by atomic mass is 10.3. The third-order valence-electron chi connectivity index (χ3n) is 3.12. The third-order valence-corrected chi connectivity index (χ3v) is 5.28. The van der Waals surface area contributed by atoms with Gasteiger partial charge in [-0.15, -0.1) is 11.3 Å². The molecule has 112 valence electrons. The van der Waals surface area contributed by atoms with E-state index in [0.717, 1.165) is 21.6 Å². The maximum absolute atomic E-state index is 12.3. The molecule has 0 atom stereocenters. The van der Waals surface area contributed by atoms with Crippen LogP contribution in [0.25, 0.3) is 10.2 Å². The summed E-state index contributed by atoms with van der Waals surface area (Å²) in [4.78, 5) is 29.3. The first-order valence-corrected chi connectivity index (χ1v) is 8.05. The van der Waals surface area contributed by atoms with Gasteiger partial charge in [0.1, 0.15) is 4.88 Å². The first kappa shape index (κ1) is 14.7. The van der Waals surface area contributed by atoms with Crippen molar-refractivity contribution in [1.82, 2.24) is 4.57 Å². The van der Waals surface area contributed by atoms with Gasteiger partial charge >= 0.3 is 5.97 Å². The second kappa shape index (κ2) is 5.86. The van der Waals surface area contributed by atoms with E-state index in [0.29, 0.717) is 14.6 Å². The van der Waals surface area contributed by atoms with Crippen LogP contribution in [0.15, 0.2) is 41.4 Å². The molecular formula is C15H12N2O3S2. The molecule has 0 saturated heterocycles. The van der Waals surface area contributed by atoms with Crippen LogP contribution in [-0.4, -0.2) is 23.6 Å². The fraction of sp³-hybridized carbons (Fsp3) is 0.133. The number of ether oxygens (including phenoxy) is 1. The minimum Gasteiger partial charge on any atom is -0.465 e. The highest BCUT2D eigenvalue weighted by molar-refractivity contribution is 7.16. The summed E-state index contributed by atoms with van der Waals surface area (Å²) >= 11 is 2.54. The van der Waals surface area contributed by atoms with Crippen molar-refractivity contribution in [2.75, 3.05) is 7.11 Å². The number of benzene rings is 1. The summed E-state index contributed by atoms with van der Waals surface area (Å²) in [5.41, 5.74) is 1.03. The zero-order valence-electron chi connectivity index (χ0n) is 11.9. The number of para-hydroxylation sites is 1. The summed E-state index contributed by atoms with van der Waals surface area (Å²) < 4.78 is 7.58. The average molecular weight is 332 g/mol. The van der Waals surface area contributed by atoms with Gasteiger partial charge < -0.3 is 9.30 Å². The predicted molar refractivity (Wildman–Crippen MR) is 86.3 cm³/mol. The number of rotatable bonds is 2. The molecule has 7 heteroatoms. The van der Waals surface area contributed by atoms with E-state index >= 15 is 0 Å². The second-order valence-corrected chi connectivity index (χ2v) is 6.58. The van der Waals surface area contributed by atoms with Gasteiger partial charge in [-0.1, -0.05) is 23.5 Å². The van der Waals surface area contributed by atoms with Gasteiger partial charge in [0.25, 0.3) is 5.91 Å². The number of carbonyl (C=O) groups excluding carboxylic acids is 2. The number of nitrogens with zero attached hydrogens (tertiary/aromatic N) is 2. The summed E-state index contributed by atoms with van der Waals surface area (Å²) in [6.07, 6.45) is 0. The fourth-order valence-corrected chi connectivity index (χ4v) is 3.82. The number of fused-ring (bicyclic) bond motifs is 1. The second-order valence-electron chi connectivity index (χ2n) is 4.48. The van der Waals surface area contributed by atoms with Crippen LogP contribution in [0.3, 0.4) is 0 Å². The van der Waals surface area contributed by atoms with Crippen LogP contribution >= 0.6 is 22.7 Å². The van der Waals surface area contributed by atoms with E-state index in [4.69, 9.17) is 0 Å². The molecule has 5 nitrogen and oxygen atoms in total. The van der Waals surface area contributed by atoms with Crippen molar-refractivity contribution in [3.05, 3.63) is 51.0 Å². The molecule has 0 unspecified atom stereocenters. The van der Waals surface area contributed by atoms with E-state index in [1.807, 2.05) is 35.9 Å². The van der Waals surface area contributed by atoms with Crippen molar-refractivity contribution in [2.24, 2.45) is 12.0 Å². The molecule has 0 bridgehead atoms. The van der Waals surface area contributed by atoms with Gasteiger partial charge in [-0.2, -0.15) is 4.99 Å². The van der Waals surface area contributed by atoms with Gasteiger partial charge in [0.2, 0.25) is 0 Å². The van der Waals surface area contributed by atoms with Crippen molar-refractivity contribution < 1.29 is 14.3 Å². The van der Waals surface area contributed by atoms with Crippen LogP contribution < -0.4 is 4.80 Å². The van der Waals surface area contributed by atoms with E-state index in [1.165, 1.54) is 18.4 Å². The summed E-state index contributed by atoms with van der Waals surface area (Å²) in [5, 5.41) is 0. The predicted octanol–water partition coefficient (Wildman–Crippen LogP) is 2.83. The number of hydrogen-bond donors (Lipinski definition) is 0. The van der Waals surface area contributed by atoms with Crippen LogP contribution in [0.2, 0.25) is 0 Å². The molecular weight excluding hydrogens is 320 g/mol. The zero-order chi connectivity index (χ0) is 15.7. The molecule has 0 fully saturated rings. The van der Waals surface area contributed by atoms with Crippen LogP contribution in [-0.2, 0) is 11.8 Å². The Hall–Kier alpha value is -2.25. The molecule has 2 heterocycles. The molecule has 1 aromatic carbocycles. The molecule has 3 aromatic rings. The van der Waals surface area contributed by atoms with Crippen molar-refractivity contribution in [1.29, 1.82) is 0 Å². The Balaban J connectivity index is 1.99. The van der Waals surface area contributed by atoms with Crippen molar-refractivity contribution in [3.63, 3.8) is 0 Å². The SMILES string of the molecule is COC(=O)c1ccc(C(=O)N=c2sc3ccccc3n2C)s1. The highest BCUT2D eigenvalue weighted by Gasteiger charge is 2.14. The molecule has 0 radical (unpaired) electrons. The molecule has 0 aliphatic carbocycles. The van der Waals surface area contributed by atoms with Crippen molar-refractivity contribution >= 4 is 44.8 Å². The number of hydrogen-bond acceptors (Lipinski definition) is 5. The number of methoxy groups -OCH3 is 1. The van der Waals surface area contributed by atoms with E-state index < -0.39 is 5.97 Å². The first-order valence-electron chi connectivity index (χ1n) is 6.42. The van der Waals surface area contributed by atoms with Crippen LogP contribution in [0.4, 0.5) is 0 Å². The number of aromatic nitrogens is 1. The summed E-state index contributed by atoms with van der Waals surface area (Å²) in [5.74, 6) is -0.807. The number of amides is 1. The molecule has 1 amide bonds. The highest BCUT2D eigenvalue weighted by Crippen LogP contribution is 2.19. The molecule has 0 aliphatic heterocycles. The minimum atomic E-state index is -0.448. The van der Waals surface area contributed by atoms with E-state index in [2.05, 4.69) is 9.73 Å². The van der Waals surface area contributed by atoms with Gasteiger partial charge in [-0.3, -0.25) is 4.79 Å². The lowest BCUT2D eigenvalue weighted by Gasteiger charge is -1.94. The summed E-state index contributed by atoms with van der Waals surface area (Å²) in [6, 6.07) is 11.0. The molecule has 0 saturated carbocycles. The first-order chi connectivity index (χ1) is 10.6. The van der Waals surface area contributed by atoms with Crippen LogP contribution in [0.5, 0.6) is 0 Å². The largest absolute Gasteiger partial charge is 0.465 e. The highest BCUT2D eigenvalue weighted by atomic mass is 32.1. The van der Waals surface area contributed by atoms with E-state index in [9.17, 15) is 9.59 Å². The fourth-order valence-electron chi connectivity index (χ4n) is 1.99. The number of esters is 1. The molecule has 2 aromatic heterocycles. The monoisotopic (exact) mass is 332 g/mol. The third kappa shape index (κ3) is 2.60. The van der Waals surface area contributed by atoms with Gasteiger partial charge in [0, 0.05) is 7.05 Å². The molecule has 0 spiro atoms. The van der Waals surface area contributed by atoms with Gasteiger partial charge in [-0.05, 0) is 24.3 Å². The van der Waals surface area contributed by atoms with Crippen LogP contribution in [0, 0.1) is 0 Å². The Morgan fingerprint density at radius 3 is 2.55 bits per heavy atom. The smallest absolute Gasteiger partial charge is 0.348 e. The van der Waals surface area contributed by atoms with Gasteiger partial charge in [0.05, 0.1) is 22.2 Å². The Bertz CT molecular complexity index is 934. The lowest BCUT2D eigenvalue weighted by molar-refractivity contribution is 0.0606. The summed E-state index contributed by atoms with van der Waals surface area (Å²) in [7, 11) is 3.18. The number of carbonyl (C=O) groups is 2. The quantitative estimate of drug-likeness (QED) is 0.678. The number of thiazole rings is 1. The number of thiophene rings is 1. The van der Waals surface area contributed by atoms with Crippen molar-refractivity contribution in [2.45, 2.75) is 0 Å². The Labute approximate surface area is 134 Å². The molecule has 0 N–H and O–H groups in total. The Kier molecular flexibility index (Phi) is 3.91. The normalized spacial score (nSPS) is 11.8. The maximum atomic E-state index is 12.3. The molecule has 22 heavy (non-hydrogen) atoms. The number of aryl methyl sites for hydroxylation is 1. The molecule has 0 aliphatic rings. The van der Waals surface area contributed by atoms with E-state index in [-0.39, 0.29) is 5.91 Å². The topological polar surface area (TPSA) is 60.7 Å². The summed E-state index contributed by atoms with van der Waals surface area (Å²) in [6.45, 7) is 0. The van der Waals surface area contributed by atoms with Gasteiger partial charge in [0.15, 0.2) is 4.80 Å². The minimum absolute atomic E-state index is 0.359. The standard InChI is InChI=1S/C15H12N2O3S2/c1-17-9-5-3-4-6-10(9)22-15(17)16-13(18)11-7-8-12(21-11)14(19)20-2/h3-8H,1-2H3. The Morgan fingerprint density at radius 2 is 1.82 bits per heavy atom. The average Bonchev–Trinajstić information content (AvgIpc) is 3.13. The zero-order valence-corrected chi connectivity index (χ0v) is 13.5. The van der Waals surface area contributed by atoms with E-state index in [1.54, 1.807) is 12.1 Å².